The molecule has 0 radical (unpaired) electrons. The molecule has 0 spiro atoms. The van der Waals surface area contributed by atoms with Crippen LogP contribution in [-0.2, 0) is 4.79 Å². The highest BCUT2D eigenvalue weighted by Gasteiger charge is 2.54. The molecule has 2 saturated heterocycles. The Hall–Kier alpha value is -0.650. The number of aliphatic hydroxyl groups excluding tert-OH is 3. The lowest BCUT2D eigenvalue weighted by Gasteiger charge is -2.46. The molecule has 15 heavy (non-hydrogen) atoms. The van der Waals surface area contributed by atoms with Gasteiger partial charge in [-0.15, -0.1) is 0 Å². The number of hydrogen-bond donors (Lipinski definition) is 3. The highest BCUT2D eigenvalue weighted by atomic mass is 16.3. The van der Waals surface area contributed by atoms with Crippen molar-refractivity contribution in [2.24, 2.45) is 0 Å². The molecule has 86 valence electrons. The molecule has 2 rings (SSSR count). The summed E-state index contributed by atoms with van der Waals surface area (Å²) >= 11 is 0. The molecule has 0 aromatic carbocycles. The van der Waals surface area contributed by atoms with Crippen molar-refractivity contribution in [3.63, 3.8) is 0 Å². The highest BCUT2D eigenvalue weighted by Crippen LogP contribution is 2.41. The monoisotopic (exact) mass is 215 g/mol. The topological polar surface area (TPSA) is 81.0 Å². The first-order valence-corrected chi connectivity index (χ1v) is 5.31. The van der Waals surface area contributed by atoms with Crippen molar-refractivity contribution in [3.05, 3.63) is 0 Å². The molecule has 2 aliphatic heterocycles. The van der Waals surface area contributed by atoms with E-state index in [1.165, 1.54) is 4.90 Å². The zero-order chi connectivity index (χ0) is 11.2. The molecule has 2 heterocycles. The van der Waals surface area contributed by atoms with Crippen LogP contribution in [0.3, 0.4) is 0 Å². The van der Waals surface area contributed by atoms with Gasteiger partial charge in [0, 0.05) is 6.42 Å². The smallest absolute Gasteiger partial charge is 0.252 e. The van der Waals surface area contributed by atoms with E-state index in [-0.39, 0.29) is 25.0 Å². The Labute approximate surface area is 88.3 Å². The molecule has 2 fully saturated rings. The fourth-order valence-corrected chi connectivity index (χ4v) is 2.78. The van der Waals surface area contributed by atoms with E-state index < -0.39 is 17.7 Å². The Kier molecular flexibility index (Phi) is 2.48. The fraction of sp³-hybridized carbons (Fsp3) is 0.900. The highest BCUT2D eigenvalue weighted by molar-refractivity contribution is 5.83. The Morgan fingerprint density at radius 2 is 2.20 bits per heavy atom. The number of carbonyl (C=O) groups is 1. The van der Waals surface area contributed by atoms with Crippen LogP contribution in [0.4, 0.5) is 0 Å². The van der Waals surface area contributed by atoms with E-state index in [9.17, 15) is 15.0 Å². The summed E-state index contributed by atoms with van der Waals surface area (Å²) < 4.78 is 0. The van der Waals surface area contributed by atoms with Crippen LogP contribution in [-0.4, -0.2) is 56.5 Å². The van der Waals surface area contributed by atoms with Gasteiger partial charge in [0.15, 0.2) is 0 Å². The van der Waals surface area contributed by atoms with Gasteiger partial charge in [-0.05, 0) is 19.8 Å². The minimum atomic E-state index is -1.12. The predicted octanol–water partition coefficient (Wildman–Crippen LogP) is -1.15. The van der Waals surface area contributed by atoms with Gasteiger partial charge in [0.05, 0.1) is 24.3 Å². The maximum atomic E-state index is 11.8. The zero-order valence-corrected chi connectivity index (χ0v) is 8.76. The van der Waals surface area contributed by atoms with Crippen molar-refractivity contribution < 1.29 is 20.1 Å². The summed E-state index contributed by atoms with van der Waals surface area (Å²) in [7, 11) is 0. The van der Waals surface area contributed by atoms with Gasteiger partial charge in [0.2, 0.25) is 0 Å². The molecule has 1 amide bonds. The number of carbonyl (C=O) groups excluding carboxylic acids is 1. The molecule has 4 atom stereocenters. The standard InChI is InChI=1S/C10H17NO4/c1-10-3-2-6(5-12)11(10)9(15)7(13)4-8(10)14/h6-8,12-14H,2-5H2,1H3. The van der Waals surface area contributed by atoms with E-state index >= 15 is 0 Å². The fourth-order valence-electron chi connectivity index (χ4n) is 2.78. The van der Waals surface area contributed by atoms with Crippen molar-refractivity contribution in [1.29, 1.82) is 0 Å². The number of rotatable bonds is 1. The molecule has 0 aromatic rings. The molecular weight excluding hydrogens is 198 g/mol. The molecular formula is C10H17NO4. The van der Waals surface area contributed by atoms with E-state index in [0.717, 1.165) is 0 Å². The Morgan fingerprint density at radius 1 is 1.53 bits per heavy atom. The van der Waals surface area contributed by atoms with Gasteiger partial charge in [0.25, 0.3) is 5.91 Å². The third kappa shape index (κ3) is 1.38. The summed E-state index contributed by atoms with van der Waals surface area (Å²) in [6.45, 7) is 1.71. The SMILES string of the molecule is CC12CCC(CO)N1C(=O)C(O)CC2O. The van der Waals surface area contributed by atoms with Crippen molar-refractivity contribution in [3.8, 4) is 0 Å². The summed E-state index contributed by atoms with van der Waals surface area (Å²) in [6.07, 6.45) is -0.369. The third-order valence-electron chi connectivity index (χ3n) is 3.80. The Morgan fingerprint density at radius 3 is 2.80 bits per heavy atom. The number of fused-ring (bicyclic) bond motifs is 1. The Balaban J connectivity index is 2.32. The van der Waals surface area contributed by atoms with Gasteiger partial charge in [-0.3, -0.25) is 4.79 Å². The van der Waals surface area contributed by atoms with Crippen LogP contribution in [0.1, 0.15) is 26.2 Å². The van der Waals surface area contributed by atoms with Crippen molar-refractivity contribution >= 4 is 5.91 Å². The van der Waals surface area contributed by atoms with Crippen molar-refractivity contribution in [2.45, 2.75) is 50.0 Å². The minimum absolute atomic E-state index is 0.101. The number of nitrogens with zero attached hydrogens (tertiary/aromatic N) is 1. The lowest BCUT2D eigenvalue weighted by Crippen LogP contribution is -2.63. The van der Waals surface area contributed by atoms with Crippen LogP contribution in [0.5, 0.6) is 0 Å². The first-order chi connectivity index (χ1) is 7.00. The lowest BCUT2D eigenvalue weighted by atomic mass is 9.84. The average molecular weight is 215 g/mol. The minimum Gasteiger partial charge on any atom is -0.394 e. The quantitative estimate of drug-likeness (QED) is 0.516. The van der Waals surface area contributed by atoms with Crippen molar-refractivity contribution in [1.82, 2.24) is 4.90 Å². The number of amides is 1. The second-order valence-corrected chi connectivity index (χ2v) is 4.71. The summed E-state index contributed by atoms with van der Waals surface area (Å²) in [5.41, 5.74) is -0.607. The van der Waals surface area contributed by atoms with Gasteiger partial charge in [-0.25, -0.2) is 0 Å². The van der Waals surface area contributed by atoms with E-state index in [1.54, 1.807) is 0 Å². The summed E-state index contributed by atoms with van der Waals surface area (Å²) in [5.74, 6) is -0.362. The van der Waals surface area contributed by atoms with Crippen LogP contribution >= 0.6 is 0 Å². The molecule has 5 nitrogen and oxygen atoms in total. The summed E-state index contributed by atoms with van der Waals surface area (Å²) in [5, 5.41) is 28.5. The zero-order valence-electron chi connectivity index (χ0n) is 8.76. The molecule has 0 aromatic heterocycles. The summed E-state index contributed by atoms with van der Waals surface area (Å²) in [6, 6.07) is -0.257. The third-order valence-corrected chi connectivity index (χ3v) is 3.80. The van der Waals surface area contributed by atoms with Crippen LogP contribution in [0, 0.1) is 0 Å². The second-order valence-electron chi connectivity index (χ2n) is 4.71. The summed E-state index contributed by atoms with van der Waals surface area (Å²) in [4.78, 5) is 13.3. The van der Waals surface area contributed by atoms with Crippen LogP contribution < -0.4 is 0 Å². The molecule has 0 saturated carbocycles. The van der Waals surface area contributed by atoms with Crippen LogP contribution in [0.2, 0.25) is 0 Å². The second kappa shape index (κ2) is 3.43. The number of aliphatic hydroxyl groups is 3. The molecule has 4 unspecified atom stereocenters. The van der Waals surface area contributed by atoms with E-state index in [2.05, 4.69) is 0 Å². The first-order valence-electron chi connectivity index (χ1n) is 5.31. The number of piperidine rings is 1. The van der Waals surface area contributed by atoms with Gasteiger partial charge in [-0.2, -0.15) is 0 Å². The van der Waals surface area contributed by atoms with Gasteiger partial charge < -0.3 is 20.2 Å². The van der Waals surface area contributed by atoms with Gasteiger partial charge in [-0.1, -0.05) is 0 Å². The van der Waals surface area contributed by atoms with Crippen LogP contribution in [0.25, 0.3) is 0 Å². The maximum Gasteiger partial charge on any atom is 0.252 e. The van der Waals surface area contributed by atoms with Crippen molar-refractivity contribution in [2.75, 3.05) is 6.61 Å². The Bertz CT molecular complexity index is 283. The van der Waals surface area contributed by atoms with Gasteiger partial charge in [0.1, 0.15) is 6.10 Å². The average Bonchev–Trinajstić information content (AvgIpc) is 2.54. The molecule has 5 heteroatoms. The van der Waals surface area contributed by atoms with Gasteiger partial charge >= 0.3 is 0 Å². The molecule has 3 N–H and O–H groups in total. The van der Waals surface area contributed by atoms with Crippen LogP contribution in [0.15, 0.2) is 0 Å². The largest absolute Gasteiger partial charge is 0.394 e. The molecule has 2 aliphatic rings. The number of hydrogen-bond acceptors (Lipinski definition) is 4. The molecule has 0 bridgehead atoms. The van der Waals surface area contributed by atoms with E-state index in [4.69, 9.17) is 5.11 Å². The molecule has 0 aliphatic carbocycles. The van der Waals surface area contributed by atoms with E-state index in [0.29, 0.717) is 12.8 Å². The maximum absolute atomic E-state index is 11.8. The van der Waals surface area contributed by atoms with E-state index in [1.807, 2.05) is 6.92 Å². The lowest BCUT2D eigenvalue weighted by molar-refractivity contribution is -0.165. The predicted molar refractivity (Wildman–Crippen MR) is 52.0 cm³/mol. The first kappa shape index (κ1) is 10.9. The normalized spacial score (nSPS) is 45.7.